The SMILES string of the molecule is Cc1nc(/C=C(/c2cc3ccccc3s2)N2CCCC2)c([N+](=O)[O-])c(N2CCCCC2)n1. The molecule has 8 heteroatoms. The third kappa shape index (κ3) is 4.07. The average Bonchev–Trinajstić information content (AvgIpc) is 3.47. The van der Waals surface area contributed by atoms with Gasteiger partial charge in [0.05, 0.1) is 15.5 Å². The zero-order valence-electron chi connectivity index (χ0n) is 18.3. The fourth-order valence-corrected chi connectivity index (χ4v) is 5.80. The molecule has 2 saturated heterocycles. The van der Waals surface area contributed by atoms with Crippen LogP contribution in [-0.4, -0.2) is 46.0 Å². The molecule has 0 spiro atoms. The van der Waals surface area contributed by atoms with Gasteiger partial charge in [-0.1, -0.05) is 18.2 Å². The van der Waals surface area contributed by atoms with E-state index in [1.165, 1.54) is 10.1 Å². The fraction of sp³-hybridized carbons (Fsp3) is 0.417. The number of aryl methyl sites for hydroxylation is 1. The zero-order chi connectivity index (χ0) is 22.1. The van der Waals surface area contributed by atoms with Crippen LogP contribution < -0.4 is 4.90 Å². The first kappa shape index (κ1) is 20.9. The first-order valence-corrected chi connectivity index (χ1v) is 12.2. The second-order valence-corrected chi connectivity index (χ2v) is 9.59. The van der Waals surface area contributed by atoms with E-state index in [-0.39, 0.29) is 10.6 Å². The summed E-state index contributed by atoms with van der Waals surface area (Å²) in [6, 6.07) is 10.5. The fourth-order valence-electron chi connectivity index (χ4n) is 4.69. The topological polar surface area (TPSA) is 75.4 Å². The van der Waals surface area contributed by atoms with Gasteiger partial charge in [-0.3, -0.25) is 10.1 Å². The number of likely N-dealkylation sites (tertiary alicyclic amines) is 1. The molecule has 0 bridgehead atoms. The van der Waals surface area contributed by atoms with E-state index in [2.05, 4.69) is 38.0 Å². The summed E-state index contributed by atoms with van der Waals surface area (Å²) in [5, 5.41) is 13.4. The molecule has 0 amide bonds. The molecule has 5 rings (SSSR count). The molecule has 0 saturated carbocycles. The lowest BCUT2D eigenvalue weighted by Crippen LogP contribution is -2.31. The number of piperidine rings is 1. The van der Waals surface area contributed by atoms with Crippen molar-refractivity contribution in [2.45, 2.75) is 39.0 Å². The summed E-state index contributed by atoms with van der Waals surface area (Å²) in [6.07, 6.45) is 7.42. The van der Waals surface area contributed by atoms with Gasteiger partial charge >= 0.3 is 5.69 Å². The molecule has 7 nitrogen and oxygen atoms in total. The monoisotopic (exact) mass is 449 g/mol. The number of anilines is 1. The Labute approximate surface area is 191 Å². The van der Waals surface area contributed by atoms with Gasteiger partial charge in [0.15, 0.2) is 0 Å². The van der Waals surface area contributed by atoms with Gasteiger partial charge in [0.1, 0.15) is 11.5 Å². The Morgan fingerprint density at radius 1 is 1.06 bits per heavy atom. The van der Waals surface area contributed by atoms with Crippen molar-refractivity contribution in [2.75, 3.05) is 31.1 Å². The van der Waals surface area contributed by atoms with Crippen molar-refractivity contribution in [3.05, 3.63) is 56.8 Å². The maximum absolute atomic E-state index is 12.2. The Bertz CT molecular complexity index is 1140. The normalized spacial score (nSPS) is 17.3. The number of benzene rings is 1. The average molecular weight is 450 g/mol. The molecule has 0 atom stereocenters. The molecule has 2 fully saturated rings. The third-order valence-corrected chi connectivity index (χ3v) is 7.38. The molecule has 166 valence electrons. The highest BCUT2D eigenvalue weighted by Gasteiger charge is 2.29. The Morgan fingerprint density at radius 3 is 2.50 bits per heavy atom. The molecule has 32 heavy (non-hydrogen) atoms. The molecule has 0 unspecified atom stereocenters. The van der Waals surface area contributed by atoms with Crippen LogP contribution in [-0.2, 0) is 0 Å². The molecular formula is C24H27N5O2S. The van der Waals surface area contributed by atoms with Crippen molar-refractivity contribution in [3.63, 3.8) is 0 Å². The number of nitrogens with zero attached hydrogens (tertiary/aromatic N) is 5. The maximum Gasteiger partial charge on any atom is 0.337 e. The number of aromatic nitrogens is 2. The van der Waals surface area contributed by atoms with Gasteiger partial charge < -0.3 is 9.80 Å². The van der Waals surface area contributed by atoms with E-state index < -0.39 is 0 Å². The van der Waals surface area contributed by atoms with Crippen LogP contribution in [0.2, 0.25) is 0 Å². The van der Waals surface area contributed by atoms with E-state index in [0.717, 1.165) is 68.9 Å². The number of rotatable bonds is 5. The summed E-state index contributed by atoms with van der Waals surface area (Å²) in [6.45, 7) is 5.34. The van der Waals surface area contributed by atoms with Crippen molar-refractivity contribution in [3.8, 4) is 0 Å². The molecule has 3 aromatic rings. The Kier molecular flexibility index (Phi) is 5.78. The molecule has 2 aliphatic rings. The summed E-state index contributed by atoms with van der Waals surface area (Å²) < 4.78 is 1.22. The smallest absolute Gasteiger partial charge is 0.337 e. The standard InChI is InChI=1S/C24H27N5O2S/c1-17-25-19(23(29(30)31)24(26-17)28-13-5-2-6-14-28)16-20(27-11-7-8-12-27)22-15-18-9-3-4-10-21(18)32-22/h3-4,9-10,15-16H,2,5-8,11-14H2,1H3/b20-16-. The second kappa shape index (κ2) is 8.86. The highest BCUT2D eigenvalue weighted by atomic mass is 32.1. The molecule has 0 N–H and O–H groups in total. The van der Waals surface area contributed by atoms with E-state index in [1.807, 2.05) is 25.1 Å². The van der Waals surface area contributed by atoms with Gasteiger partial charge in [0.2, 0.25) is 5.82 Å². The summed E-state index contributed by atoms with van der Waals surface area (Å²) in [5.41, 5.74) is 1.45. The van der Waals surface area contributed by atoms with Crippen LogP contribution in [0.3, 0.4) is 0 Å². The van der Waals surface area contributed by atoms with Crippen LogP contribution in [0, 0.1) is 17.0 Å². The van der Waals surface area contributed by atoms with Crippen molar-refractivity contribution in [1.29, 1.82) is 0 Å². The first-order valence-electron chi connectivity index (χ1n) is 11.3. The van der Waals surface area contributed by atoms with Gasteiger partial charge in [-0.05, 0) is 62.6 Å². The summed E-state index contributed by atoms with van der Waals surface area (Å²) in [5.74, 6) is 1.03. The Morgan fingerprint density at radius 2 is 1.78 bits per heavy atom. The van der Waals surface area contributed by atoms with Gasteiger partial charge in [0.25, 0.3) is 0 Å². The maximum atomic E-state index is 12.2. The summed E-state index contributed by atoms with van der Waals surface area (Å²) in [7, 11) is 0. The number of fused-ring (bicyclic) bond motifs is 1. The zero-order valence-corrected chi connectivity index (χ0v) is 19.1. The van der Waals surface area contributed by atoms with Crippen LogP contribution in [0.25, 0.3) is 21.9 Å². The van der Waals surface area contributed by atoms with Gasteiger partial charge in [-0.2, -0.15) is 0 Å². The van der Waals surface area contributed by atoms with Gasteiger partial charge in [0, 0.05) is 30.9 Å². The van der Waals surface area contributed by atoms with E-state index in [1.54, 1.807) is 11.3 Å². The molecule has 0 radical (unpaired) electrons. The van der Waals surface area contributed by atoms with Gasteiger partial charge in [-0.25, -0.2) is 9.97 Å². The lowest BCUT2D eigenvalue weighted by atomic mass is 10.1. The van der Waals surface area contributed by atoms with Crippen LogP contribution >= 0.6 is 11.3 Å². The minimum absolute atomic E-state index is 0.0234. The van der Waals surface area contributed by atoms with E-state index in [0.29, 0.717) is 17.3 Å². The largest absolute Gasteiger partial charge is 0.370 e. The highest BCUT2D eigenvalue weighted by molar-refractivity contribution is 7.20. The predicted octanol–water partition coefficient (Wildman–Crippen LogP) is 5.49. The van der Waals surface area contributed by atoms with Crippen LogP contribution in [0.1, 0.15) is 48.5 Å². The van der Waals surface area contributed by atoms with Crippen molar-refractivity contribution in [1.82, 2.24) is 14.9 Å². The number of nitro groups is 1. The first-order chi connectivity index (χ1) is 15.6. The van der Waals surface area contributed by atoms with E-state index >= 15 is 0 Å². The summed E-state index contributed by atoms with van der Waals surface area (Å²) >= 11 is 1.73. The predicted molar refractivity (Wildman–Crippen MR) is 130 cm³/mol. The number of hydrogen-bond acceptors (Lipinski definition) is 7. The van der Waals surface area contributed by atoms with Crippen LogP contribution in [0.15, 0.2) is 30.3 Å². The quantitative estimate of drug-likeness (QED) is 0.379. The van der Waals surface area contributed by atoms with Crippen molar-refractivity contribution < 1.29 is 4.92 Å². The Balaban J connectivity index is 1.67. The van der Waals surface area contributed by atoms with Crippen LogP contribution in [0.4, 0.5) is 11.5 Å². The second-order valence-electron chi connectivity index (χ2n) is 8.51. The minimum Gasteiger partial charge on any atom is -0.370 e. The molecular weight excluding hydrogens is 422 g/mol. The molecule has 2 aromatic heterocycles. The molecule has 2 aliphatic heterocycles. The molecule has 4 heterocycles. The molecule has 1 aromatic carbocycles. The van der Waals surface area contributed by atoms with E-state index in [4.69, 9.17) is 0 Å². The number of thiophene rings is 1. The van der Waals surface area contributed by atoms with Gasteiger partial charge in [-0.15, -0.1) is 11.3 Å². The molecule has 0 aliphatic carbocycles. The lowest BCUT2D eigenvalue weighted by molar-refractivity contribution is -0.384. The Hall–Kier alpha value is -3.00. The lowest BCUT2D eigenvalue weighted by Gasteiger charge is -2.27. The van der Waals surface area contributed by atoms with Crippen molar-refractivity contribution >= 4 is 44.7 Å². The number of hydrogen-bond donors (Lipinski definition) is 0. The van der Waals surface area contributed by atoms with Crippen molar-refractivity contribution in [2.24, 2.45) is 0 Å². The minimum atomic E-state index is -0.304. The van der Waals surface area contributed by atoms with E-state index in [9.17, 15) is 10.1 Å². The summed E-state index contributed by atoms with van der Waals surface area (Å²) in [4.78, 5) is 26.5. The highest BCUT2D eigenvalue weighted by Crippen LogP contribution is 2.38. The third-order valence-electron chi connectivity index (χ3n) is 6.24. The van der Waals surface area contributed by atoms with Crippen LogP contribution in [0.5, 0.6) is 0 Å².